The Labute approximate surface area is 102 Å². The molecular weight excluding hydrogens is 265 g/mol. The number of halogens is 1. The molecule has 0 aromatic heterocycles. The predicted octanol–water partition coefficient (Wildman–Crippen LogP) is 0.112. The molecule has 0 radical (unpaired) electrons. The van der Waals surface area contributed by atoms with Crippen molar-refractivity contribution >= 4 is 15.7 Å². The minimum Gasteiger partial charge on any atom is -0.326 e. The van der Waals surface area contributed by atoms with Gasteiger partial charge in [-0.15, -0.1) is 0 Å². The molecule has 0 amide bonds. The summed E-state index contributed by atoms with van der Waals surface area (Å²) in [7, 11) is -4.14. The summed E-state index contributed by atoms with van der Waals surface area (Å²) in [6, 6.07) is 2.17. The van der Waals surface area contributed by atoms with Gasteiger partial charge in [-0.25, -0.2) is 13.1 Å². The van der Waals surface area contributed by atoms with Crippen LogP contribution < -0.4 is 10.5 Å². The molecule has 98 valence electrons. The maximum absolute atomic E-state index is 13.3. The monoisotopic (exact) mass is 275 g/mol. The van der Waals surface area contributed by atoms with Crippen LogP contribution in [0.25, 0.3) is 0 Å². The van der Waals surface area contributed by atoms with Gasteiger partial charge in [-0.1, -0.05) is 6.07 Å². The van der Waals surface area contributed by atoms with Gasteiger partial charge in [0.2, 0.25) is 15.8 Å². The second kappa shape index (κ2) is 4.26. The first-order chi connectivity index (χ1) is 8.33. The van der Waals surface area contributed by atoms with Gasteiger partial charge in [-0.05, 0) is 18.6 Å². The fourth-order valence-corrected chi connectivity index (χ4v) is 2.98. The number of hydrogen-bond donors (Lipinski definition) is 2. The Kier molecular flexibility index (Phi) is 3.05. The molecule has 2 rings (SSSR count). The first-order valence-electron chi connectivity index (χ1n) is 5.04. The molecule has 1 aliphatic carbocycles. The van der Waals surface area contributed by atoms with Crippen LogP contribution in [0.4, 0.5) is 10.1 Å². The number of nitrogens with zero attached hydrogens (tertiary/aromatic N) is 1. The number of nitrogens with one attached hydrogen (secondary N) is 1. The molecule has 1 aliphatic rings. The van der Waals surface area contributed by atoms with Crippen molar-refractivity contribution < 1.29 is 17.7 Å². The summed E-state index contributed by atoms with van der Waals surface area (Å²) >= 11 is 0. The van der Waals surface area contributed by atoms with Crippen LogP contribution in [0.5, 0.6) is 0 Å². The van der Waals surface area contributed by atoms with Crippen molar-refractivity contribution in [3.8, 4) is 0 Å². The van der Waals surface area contributed by atoms with Crippen molar-refractivity contribution in [1.29, 1.82) is 0 Å². The fraction of sp³-hybridized carbons (Fsp3) is 0.333. The molecule has 18 heavy (non-hydrogen) atoms. The number of hydrogen-bond acceptors (Lipinski definition) is 5. The number of nitrogens with two attached hydrogens (primary N) is 1. The van der Waals surface area contributed by atoms with Crippen LogP contribution in [0.15, 0.2) is 23.1 Å². The van der Waals surface area contributed by atoms with Crippen LogP contribution in [-0.2, 0) is 10.0 Å². The van der Waals surface area contributed by atoms with Crippen molar-refractivity contribution in [2.45, 2.75) is 23.4 Å². The molecule has 3 N–H and O–H groups in total. The summed E-state index contributed by atoms with van der Waals surface area (Å²) in [5.41, 5.74) is 4.39. The van der Waals surface area contributed by atoms with Crippen molar-refractivity contribution in [2.24, 2.45) is 5.73 Å². The van der Waals surface area contributed by atoms with Crippen molar-refractivity contribution in [3.63, 3.8) is 0 Å². The van der Waals surface area contributed by atoms with E-state index in [9.17, 15) is 22.9 Å². The zero-order valence-corrected chi connectivity index (χ0v) is 9.85. The van der Waals surface area contributed by atoms with E-state index in [4.69, 9.17) is 5.73 Å². The first-order valence-corrected chi connectivity index (χ1v) is 6.52. The lowest BCUT2D eigenvalue weighted by atomic mass is 10.3. The molecule has 1 aromatic rings. The van der Waals surface area contributed by atoms with Crippen LogP contribution >= 0.6 is 0 Å². The Hall–Kier alpha value is -1.58. The quantitative estimate of drug-likeness (QED) is 0.597. The lowest BCUT2D eigenvalue weighted by Gasteiger charge is -2.06. The molecule has 2 atom stereocenters. The van der Waals surface area contributed by atoms with Gasteiger partial charge in [-0.3, -0.25) is 10.1 Å². The van der Waals surface area contributed by atoms with Gasteiger partial charge in [-0.2, -0.15) is 4.39 Å². The highest BCUT2D eigenvalue weighted by Crippen LogP contribution is 2.28. The van der Waals surface area contributed by atoms with Gasteiger partial charge in [0.1, 0.15) is 0 Å². The summed E-state index contributed by atoms with van der Waals surface area (Å²) in [6.45, 7) is 0. The van der Waals surface area contributed by atoms with Gasteiger partial charge < -0.3 is 5.73 Å². The van der Waals surface area contributed by atoms with Crippen molar-refractivity contribution in [2.75, 3.05) is 0 Å². The van der Waals surface area contributed by atoms with Gasteiger partial charge in [0.05, 0.1) is 4.92 Å². The molecule has 1 saturated carbocycles. The van der Waals surface area contributed by atoms with Crippen molar-refractivity contribution in [3.05, 3.63) is 34.1 Å². The zero-order valence-electron chi connectivity index (χ0n) is 9.04. The largest absolute Gasteiger partial charge is 0.326 e. The fourth-order valence-electron chi connectivity index (χ4n) is 1.50. The van der Waals surface area contributed by atoms with Crippen LogP contribution in [0.3, 0.4) is 0 Å². The molecule has 0 saturated heterocycles. The lowest BCUT2D eigenvalue weighted by Crippen LogP contribution is -2.30. The molecule has 0 heterocycles. The van der Waals surface area contributed by atoms with E-state index in [1.54, 1.807) is 0 Å². The highest BCUT2D eigenvalue weighted by Gasteiger charge is 2.39. The maximum atomic E-state index is 13.3. The molecule has 1 aromatic carbocycles. The summed E-state index contributed by atoms with van der Waals surface area (Å²) < 4.78 is 39.2. The minimum atomic E-state index is -4.14. The topological polar surface area (TPSA) is 115 Å². The van der Waals surface area contributed by atoms with E-state index in [0.29, 0.717) is 6.42 Å². The van der Waals surface area contributed by atoms with Gasteiger partial charge >= 0.3 is 5.69 Å². The van der Waals surface area contributed by atoms with Gasteiger partial charge in [0, 0.05) is 12.1 Å². The highest BCUT2D eigenvalue weighted by atomic mass is 32.2. The third-order valence-electron chi connectivity index (χ3n) is 2.57. The van der Waals surface area contributed by atoms with E-state index in [1.807, 2.05) is 0 Å². The van der Waals surface area contributed by atoms with E-state index < -0.39 is 37.4 Å². The summed E-state index contributed by atoms with van der Waals surface area (Å²) in [6.07, 6.45) is 0.461. The van der Waals surface area contributed by atoms with Crippen LogP contribution in [-0.4, -0.2) is 25.4 Å². The number of para-hydroxylation sites is 1. The number of sulfonamides is 1. The van der Waals surface area contributed by atoms with E-state index in [1.165, 1.54) is 0 Å². The van der Waals surface area contributed by atoms with Gasteiger partial charge in [0.25, 0.3) is 0 Å². The minimum absolute atomic E-state index is 0.299. The molecule has 0 aliphatic heterocycles. The summed E-state index contributed by atoms with van der Waals surface area (Å²) in [5.74, 6) is -1.19. The number of nitro groups is 1. The third kappa shape index (κ3) is 2.33. The second-order valence-electron chi connectivity index (χ2n) is 3.97. The SMILES string of the molecule is NC1CC1NS(=O)(=O)c1cccc(F)c1[N+](=O)[O-]. The average molecular weight is 275 g/mol. The number of rotatable bonds is 4. The number of benzene rings is 1. The summed E-state index contributed by atoms with van der Waals surface area (Å²) in [5, 5.41) is 10.7. The standard InChI is InChI=1S/C9H10FN3O4S/c10-5-2-1-3-8(9(5)13(14)15)18(16,17)12-7-4-6(7)11/h1-3,6-7,12H,4,11H2. The Bertz CT molecular complexity index is 604. The summed E-state index contributed by atoms with van der Waals surface area (Å²) in [4.78, 5) is 8.96. The molecule has 7 nitrogen and oxygen atoms in total. The molecule has 0 bridgehead atoms. The smallest absolute Gasteiger partial charge is 0.324 e. The first kappa shape index (κ1) is 12.9. The predicted molar refractivity (Wildman–Crippen MR) is 59.8 cm³/mol. The Morgan fingerprint density at radius 2 is 2.11 bits per heavy atom. The van der Waals surface area contributed by atoms with E-state index in [0.717, 1.165) is 18.2 Å². The van der Waals surface area contributed by atoms with E-state index in [-0.39, 0.29) is 6.04 Å². The Morgan fingerprint density at radius 1 is 1.50 bits per heavy atom. The second-order valence-corrected chi connectivity index (χ2v) is 5.65. The molecule has 9 heteroatoms. The van der Waals surface area contributed by atoms with E-state index in [2.05, 4.69) is 4.72 Å². The Balaban J connectivity index is 2.44. The highest BCUT2D eigenvalue weighted by molar-refractivity contribution is 7.89. The molecule has 2 unspecified atom stereocenters. The van der Waals surface area contributed by atoms with Gasteiger partial charge in [0.15, 0.2) is 4.90 Å². The number of nitro benzene ring substituents is 1. The van der Waals surface area contributed by atoms with Crippen LogP contribution in [0.1, 0.15) is 6.42 Å². The van der Waals surface area contributed by atoms with Crippen LogP contribution in [0.2, 0.25) is 0 Å². The normalized spacial score (nSPS) is 22.8. The van der Waals surface area contributed by atoms with Crippen molar-refractivity contribution in [1.82, 2.24) is 4.72 Å². The van der Waals surface area contributed by atoms with E-state index >= 15 is 0 Å². The lowest BCUT2D eigenvalue weighted by molar-refractivity contribution is -0.390. The molecule has 0 spiro atoms. The van der Waals surface area contributed by atoms with Crippen LogP contribution in [0, 0.1) is 15.9 Å². The molecular formula is C9H10FN3O4S. The molecule has 1 fully saturated rings. The average Bonchev–Trinajstić information content (AvgIpc) is 2.92. The maximum Gasteiger partial charge on any atom is 0.324 e. The zero-order chi connectivity index (χ0) is 13.5. The Morgan fingerprint density at radius 3 is 2.61 bits per heavy atom. The third-order valence-corrected chi connectivity index (χ3v) is 4.09.